The molecule has 0 saturated carbocycles. The van der Waals surface area contributed by atoms with E-state index in [0.717, 1.165) is 5.56 Å². The number of benzene rings is 3. The lowest BCUT2D eigenvalue weighted by Gasteiger charge is -2.27. The lowest BCUT2D eigenvalue weighted by molar-refractivity contribution is -0.133. The topological polar surface area (TPSA) is 77.1 Å². The highest BCUT2D eigenvalue weighted by molar-refractivity contribution is 6.00. The average molecular weight is 444 g/mol. The smallest absolute Gasteiger partial charge is 0.251 e. The van der Waals surface area contributed by atoms with Crippen LogP contribution in [0.3, 0.4) is 0 Å². The van der Waals surface area contributed by atoms with Crippen molar-refractivity contribution < 1.29 is 23.8 Å². The molecule has 0 saturated heterocycles. The van der Waals surface area contributed by atoms with Crippen molar-refractivity contribution in [1.29, 1.82) is 0 Å². The predicted molar refractivity (Wildman–Crippen MR) is 125 cm³/mol. The number of carbonyl (C=O) groups is 2. The van der Waals surface area contributed by atoms with Gasteiger partial charge in [-0.1, -0.05) is 36.4 Å². The molecule has 1 aliphatic heterocycles. The summed E-state index contributed by atoms with van der Waals surface area (Å²) in [6.07, 6.45) is 3.12. The summed E-state index contributed by atoms with van der Waals surface area (Å²) < 4.78 is 15.9. The molecule has 0 fully saturated rings. The van der Waals surface area contributed by atoms with Gasteiger partial charge in [0.05, 0.1) is 7.11 Å². The van der Waals surface area contributed by atoms with Gasteiger partial charge in [-0.2, -0.15) is 0 Å². The van der Waals surface area contributed by atoms with Crippen molar-refractivity contribution >= 4 is 23.6 Å². The van der Waals surface area contributed by atoms with E-state index in [9.17, 15) is 9.59 Å². The number of nitrogens with one attached hydrogen (secondary N) is 1. The second-order valence-electron chi connectivity index (χ2n) is 7.43. The third kappa shape index (κ3) is 5.15. The number of hydrogen-bond donors (Lipinski definition) is 1. The minimum Gasteiger partial charge on any atom is -0.497 e. The van der Waals surface area contributed by atoms with Crippen molar-refractivity contribution in [2.45, 2.75) is 6.04 Å². The Kier molecular flexibility index (Phi) is 6.59. The number of rotatable bonds is 7. The number of carbonyl (C=O) groups excluding carboxylic acids is 2. The first kappa shape index (κ1) is 22.0. The normalized spacial score (nSPS) is 12.9. The molecular formula is C26H24N2O5. The molecule has 7 heteroatoms. The van der Waals surface area contributed by atoms with Crippen molar-refractivity contribution in [3.05, 3.63) is 90.0 Å². The third-order valence-electron chi connectivity index (χ3n) is 5.27. The van der Waals surface area contributed by atoms with Crippen LogP contribution < -0.4 is 19.5 Å². The lowest BCUT2D eigenvalue weighted by Crippen LogP contribution is -2.37. The van der Waals surface area contributed by atoms with E-state index in [2.05, 4.69) is 5.32 Å². The molecule has 3 aromatic rings. The zero-order valence-corrected chi connectivity index (χ0v) is 18.4. The van der Waals surface area contributed by atoms with Crippen molar-refractivity contribution in [3.8, 4) is 17.2 Å². The van der Waals surface area contributed by atoms with Gasteiger partial charge in [-0.25, -0.2) is 0 Å². The van der Waals surface area contributed by atoms with Crippen LogP contribution in [0.2, 0.25) is 0 Å². The number of ether oxygens (including phenoxy) is 3. The van der Waals surface area contributed by atoms with Gasteiger partial charge in [-0.15, -0.1) is 0 Å². The van der Waals surface area contributed by atoms with E-state index in [1.54, 1.807) is 56.6 Å². The zero-order chi connectivity index (χ0) is 23.2. The number of fused-ring (bicyclic) bond motifs is 1. The van der Waals surface area contributed by atoms with Crippen LogP contribution in [0.1, 0.15) is 17.2 Å². The van der Waals surface area contributed by atoms with Gasteiger partial charge < -0.3 is 24.4 Å². The van der Waals surface area contributed by atoms with Crippen molar-refractivity contribution in [2.24, 2.45) is 0 Å². The third-order valence-corrected chi connectivity index (χ3v) is 5.27. The Morgan fingerprint density at radius 3 is 2.45 bits per heavy atom. The summed E-state index contributed by atoms with van der Waals surface area (Å²) >= 11 is 0. The van der Waals surface area contributed by atoms with E-state index in [1.807, 2.05) is 36.4 Å². The van der Waals surface area contributed by atoms with Gasteiger partial charge in [0.2, 0.25) is 12.7 Å². The maximum Gasteiger partial charge on any atom is 0.251 e. The fourth-order valence-corrected chi connectivity index (χ4v) is 3.50. The second-order valence-corrected chi connectivity index (χ2v) is 7.43. The molecule has 1 N–H and O–H groups in total. The molecule has 2 amide bonds. The highest BCUT2D eigenvalue weighted by Crippen LogP contribution is 2.33. The predicted octanol–water partition coefficient (Wildman–Crippen LogP) is 4.28. The summed E-state index contributed by atoms with van der Waals surface area (Å²) in [6.45, 7) is 0.187. The van der Waals surface area contributed by atoms with Crippen LogP contribution in [0.4, 0.5) is 5.69 Å². The highest BCUT2D eigenvalue weighted by Gasteiger charge is 2.27. The van der Waals surface area contributed by atoms with Crippen LogP contribution in [0, 0.1) is 0 Å². The van der Waals surface area contributed by atoms with Crippen molar-refractivity contribution in [1.82, 2.24) is 4.90 Å². The molecule has 1 heterocycles. The van der Waals surface area contributed by atoms with Crippen LogP contribution in [-0.4, -0.2) is 37.7 Å². The summed E-state index contributed by atoms with van der Waals surface area (Å²) in [5, 5.41) is 2.89. The van der Waals surface area contributed by atoms with E-state index in [0.29, 0.717) is 28.5 Å². The minimum atomic E-state index is -0.817. The molecule has 0 aliphatic carbocycles. The molecular weight excluding hydrogens is 420 g/mol. The molecule has 3 aromatic carbocycles. The average Bonchev–Trinajstić information content (AvgIpc) is 3.32. The fourth-order valence-electron chi connectivity index (χ4n) is 3.50. The number of methoxy groups -OCH3 is 1. The van der Waals surface area contributed by atoms with Gasteiger partial charge in [-0.05, 0) is 53.6 Å². The van der Waals surface area contributed by atoms with Crippen molar-refractivity contribution in [2.75, 3.05) is 26.3 Å². The fraction of sp³-hybridized carbons (Fsp3) is 0.154. The Labute approximate surface area is 192 Å². The Bertz CT molecular complexity index is 1160. The summed E-state index contributed by atoms with van der Waals surface area (Å²) in [4.78, 5) is 27.6. The molecule has 0 unspecified atom stereocenters. The quantitative estimate of drug-likeness (QED) is 0.551. The maximum atomic E-state index is 13.2. The number of nitrogens with zero attached hydrogens (tertiary/aromatic N) is 1. The van der Waals surface area contributed by atoms with E-state index < -0.39 is 6.04 Å². The van der Waals surface area contributed by atoms with Crippen molar-refractivity contribution in [3.63, 3.8) is 0 Å². The van der Waals surface area contributed by atoms with Crippen LogP contribution >= 0.6 is 0 Å². The highest BCUT2D eigenvalue weighted by atomic mass is 16.7. The molecule has 7 nitrogen and oxygen atoms in total. The first-order valence-corrected chi connectivity index (χ1v) is 10.4. The standard InChI is InChI=1S/C26H24N2O5/c1-28(24(29)15-9-18-8-14-22-23(16-18)33-17-32-22)25(19-6-4-3-5-7-19)26(30)27-20-10-12-21(31-2)13-11-20/h3-16,25H,17H2,1-2H3,(H,27,30)/b15-9-/t25-/m0/s1. The Hall–Kier alpha value is -4.26. The van der Waals surface area contributed by atoms with E-state index in [1.165, 1.54) is 11.0 Å². The van der Waals surface area contributed by atoms with Gasteiger partial charge in [0.15, 0.2) is 11.5 Å². The SMILES string of the molecule is COc1ccc(NC(=O)[C@H](c2ccccc2)N(C)C(=O)/C=C\c2ccc3c(c2)OCO3)cc1. The molecule has 168 valence electrons. The van der Waals surface area contributed by atoms with Gasteiger partial charge in [-0.3, -0.25) is 9.59 Å². The van der Waals surface area contributed by atoms with E-state index >= 15 is 0 Å². The first-order chi connectivity index (χ1) is 16.0. The lowest BCUT2D eigenvalue weighted by atomic mass is 10.0. The molecule has 0 bridgehead atoms. The van der Waals surface area contributed by atoms with Gasteiger partial charge in [0.25, 0.3) is 5.91 Å². The molecule has 0 radical (unpaired) electrons. The Morgan fingerprint density at radius 2 is 1.73 bits per heavy atom. The van der Waals surface area contributed by atoms with Crippen LogP contribution in [0.15, 0.2) is 78.9 Å². The zero-order valence-electron chi connectivity index (χ0n) is 18.4. The molecule has 1 aliphatic rings. The Morgan fingerprint density at radius 1 is 1.00 bits per heavy atom. The number of likely N-dealkylation sites (N-methyl/N-ethyl adjacent to an activating group) is 1. The molecule has 4 rings (SSSR count). The van der Waals surface area contributed by atoms with Crippen LogP contribution in [0.25, 0.3) is 6.08 Å². The number of anilines is 1. The van der Waals surface area contributed by atoms with Crippen LogP contribution in [0.5, 0.6) is 17.2 Å². The summed E-state index contributed by atoms with van der Waals surface area (Å²) in [5.74, 6) is 1.37. The molecule has 33 heavy (non-hydrogen) atoms. The molecule has 1 atom stereocenters. The molecule has 0 spiro atoms. The summed E-state index contributed by atoms with van der Waals surface area (Å²) in [5.41, 5.74) is 2.11. The first-order valence-electron chi connectivity index (χ1n) is 10.4. The second kappa shape index (κ2) is 9.91. The summed E-state index contributed by atoms with van der Waals surface area (Å²) in [7, 11) is 3.19. The summed E-state index contributed by atoms with van der Waals surface area (Å²) in [6, 6.07) is 20.8. The van der Waals surface area contributed by atoms with E-state index in [4.69, 9.17) is 14.2 Å². The van der Waals surface area contributed by atoms with Crippen LogP contribution in [-0.2, 0) is 9.59 Å². The largest absolute Gasteiger partial charge is 0.497 e. The Balaban J connectivity index is 1.53. The van der Waals surface area contributed by atoms with Gasteiger partial charge >= 0.3 is 0 Å². The number of hydrogen-bond acceptors (Lipinski definition) is 5. The molecule has 0 aromatic heterocycles. The van der Waals surface area contributed by atoms with E-state index in [-0.39, 0.29) is 18.6 Å². The maximum absolute atomic E-state index is 13.2. The number of amides is 2. The minimum absolute atomic E-state index is 0.187. The van der Waals surface area contributed by atoms with Gasteiger partial charge in [0.1, 0.15) is 11.8 Å². The van der Waals surface area contributed by atoms with Gasteiger partial charge in [0, 0.05) is 18.8 Å². The monoisotopic (exact) mass is 444 g/mol.